The van der Waals surface area contributed by atoms with E-state index in [0.29, 0.717) is 0 Å². The molecule has 4 N–H and O–H groups in total. The summed E-state index contributed by atoms with van der Waals surface area (Å²) in [6.45, 7) is 5.19. The van der Waals surface area contributed by atoms with E-state index >= 15 is 0 Å². The third-order valence-electron chi connectivity index (χ3n) is 3.36. The topological polar surface area (TPSA) is 127 Å². The molecule has 0 atom stereocenters. The summed E-state index contributed by atoms with van der Waals surface area (Å²) < 4.78 is 0. The van der Waals surface area contributed by atoms with Crippen LogP contribution < -0.4 is 5.32 Å². The van der Waals surface area contributed by atoms with E-state index < -0.39 is 17.9 Å². The number of hydrogen-bond acceptors (Lipinski definition) is 5. The van der Waals surface area contributed by atoms with E-state index in [9.17, 15) is 14.4 Å². The summed E-state index contributed by atoms with van der Waals surface area (Å²) in [5.74, 6) is -2.96. The molecule has 0 unspecified atom stereocenters. The minimum atomic E-state index is -1.11. The summed E-state index contributed by atoms with van der Waals surface area (Å²) in [4.78, 5) is 33.3. The Hall–Kier alpha value is -2.45. The highest BCUT2D eigenvalue weighted by atomic mass is 16.4. The quantitative estimate of drug-likeness (QED) is 0.625. The fraction of sp³-hybridized carbons (Fsp3) is 0.400. The Balaban J connectivity index is 0.000000238. The van der Waals surface area contributed by atoms with Crippen LogP contribution in [0.3, 0.4) is 0 Å². The Morgan fingerprint density at radius 2 is 1.52 bits per heavy atom. The average molecular weight is 324 g/mol. The molecule has 1 aromatic carbocycles. The van der Waals surface area contributed by atoms with Crippen LogP contribution in [-0.4, -0.2) is 70.9 Å². The maximum Gasteiger partial charge on any atom is 0.335 e. The molecule has 1 aromatic rings. The molecule has 0 saturated carbocycles. The normalized spacial score (nSPS) is 14.5. The predicted molar refractivity (Wildman–Crippen MR) is 82.0 cm³/mol. The van der Waals surface area contributed by atoms with E-state index in [1.165, 1.54) is 25.1 Å². The minimum Gasteiger partial charge on any atom is -0.480 e. The lowest BCUT2D eigenvalue weighted by atomic mass is 10.0. The smallest absolute Gasteiger partial charge is 0.335 e. The van der Waals surface area contributed by atoms with E-state index in [0.717, 1.165) is 26.2 Å². The van der Waals surface area contributed by atoms with Crippen LogP contribution in [0.1, 0.15) is 26.3 Å². The zero-order chi connectivity index (χ0) is 17.4. The van der Waals surface area contributed by atoms with Gasteiger partial charge in [0.25, 0.3) is 0 Å². The van der Waals surface area contributed by atoms with Crippen LogP contribution in [0.2, 0.25) is 0 Å². The van der Waals surface area contributed by atoms with Crippen LogP contribution >= 0.6 is 0 Å². The molecule has 2 rings (SSSR count). The minimum absolute atomic E-state index is 0.0277. The van der Waals surface area contributed by atoms with Crippen molar-refractivity contribution in [3.8, 4) is 0 Å². The zero-order valence-corrected chi connectivity index (χ0v) is 12.8. The Kier molecular flexibility index (Phi) is 7.17. The first kappa shape index (κ1) is 18.6. The van der Waals surface area contributed by atoms with Gasteiger partial charge in [-0.1, -0.05) is 6.07 Å². The first-order chi connectivity index (χ1) is 10.8. The second-order valence-electron chi connectivity index (χ2n) is 5.01. The Morgan fingerprint density at radius 3 is 1.91 bits per heavy atom. The molecular weight excluding hydrogens is 304 g/mol. The molecule has 0 amide bonds. The second-order valence-corrected chi connectivity index (χ2v) is 5.01. The monoisotopic (exact) mass is 324 g/mol. The summed E-state index contributed by atoms with van der Waals surface area (Å²) in [6, 6.07) is 4.17. The third kappa shape index (κ3) is 6.05. The molecule has 8 heteroatoms. The molecule has 1 saturated heterocycles. The van der Waals surface area contributed by atoms with Gasteiger partial charge in [-0.3, -0.25) is 9.69 Å². The average Bonchev–Trinajstić information content (AvgIpc) is 2.48. The summed E-state index contributed by atoms with van der Waals surface area (Å²) in [6.07, 6.45) is 0. The van der Waals surface area contributed by atoms with Crippen molar-refractivity contribution >= 4 is 17.9 Å². The number of aromatic carboxylic acids is 2. The number of carboxylic acid groups (broad SMARTS) is 3. The molecule has 23 heavy (non-hydrogen) atoms. The Labute approximate surface area is 133 Å². The summed E-state index contributed by atoms with van der Waals surface area (Å²) in [7, 11) is 0. The maximum absolute atomic E-state index is 10.6. The van der Waals surface area contributed by atoms with Crippen molar-refractivity contribution in [1.82, 2.24) is 10.2 Å². The van der Waals surface area contributed by atoms with Gasteiger partial charge in [-0.2, -0.15) is 0 Å². The summed E-state index contributed by atoms with van der Waals surface area (Å²) in [5, 5.41) is 28.9. The van der Waals surface area contributed by atoms with Gasteiger partial charge in [-0.05, 0) is 24.6 Å². The van der Waals surface area contributed by atoms with Crippen molar-refractivity contribution in [1.29, 1.82) is 0 Å². The van der Waals surface area contributed by atoms with E-state index in [1.54, 1.807) is 0 Å². The van der Waals surface area contributed by atoms with Gasteiger partial charge in [0.1, 0.15) is 0 Å². The van der Waals surface area contributed by atoms with Crippen LogP contribution in [0.5, 0.6) is 0 Å². The van der Waals surface area contributed by atoms with E-state index in [2.05, 4.69) is 5.32 Å². The molecule has 0 radical (unpaired) electrons. The van der Waals surface area contributed by atoms with Gasteiger partial charge in [-0.15, -0.1) is 0 Å². The van der Waals surface area contributed by atoms with Crippen molar-refractivity contribution in [3.05, 3.63) is 34.9 Å². The molecule has 0 aromatic heterocycles. The van der Waals surface area contributed by atoms with E-state index in [-0.39, 0.29) is 23.2 Å². The van der Waals surface area contributed by atoms with Crippen LogP contribution in [0.15, 0.2) is 18.2 Å². The van der Waals surface area contributed by atoms with Crippen LogP contribution in [0.25, 0.3) is 0 Å². The molecule has 126 valence electrons. The molecule has 0 bridgehead atoms. The molecule has 0 spiro atoms. The Bertz CT molecular complexity index is 549. The molecule has 1 heterocycles. The first-order valence-corrected chi connectivity index (χ1v) is 7.04. The van der Waals surface area contributed by atoms with Crippen molar-refractivity contribution in [2.75, 3.05) is 32.7 Å². The van der Waals surface area contributed by atoms with Crippen molar-refractivity contribution in [2.45, 2.75) is 6.92 Å². The van der Waals surface area contributed by atoms with E-state index in [4.69, 9.17) is 15.3 Å². The van der Waals surface area contributed by atoms with Gasteiger partial charge in [0.15, 0.2) is 0 Å². The summed E-state index contributed by atoms with van der Waals surface area (Å²) in [5.41, 5.74) is 0.335. The second kappa shape index (κ2) is 8.86. The van der Waals surface area contributed by atoms with Crippen molar-refractivity contribution in [2.24, 2.45) is 0 Å². The van der Waals surface area contributed by atoms with Gasteiger partial charge in [0, 0.05) is 26.2 Å². The number of piperazine rings is 1. The first-order valence-electron chi connectivity index (χ1n) is 7.04. The van der Waals surface area contributed by atoms with Gasteiger partial charge < -0.3 is 20.6 Å². The lowest BCUT2D eigenvalue weighted by Gasteiger charge is -2.25. The van der Waals surface area contributed by atoms with Crippen molar-refractivity contribution in [3.63, 3.8) is 0 Å². The van der Waals surface area contributed by atoms with Gasteiger partial charge in [0.2, 0.25) is 0 Å². The van der Waals surface area contributed by atoms with Crippen molar-refractivity contribution < 1.29 is 29.7 Å². The lowest BCUT2D eigenvalue weighted by molar-refractivity contribution is -0.138. The molecule has 1 aliphatic rings. The molecule has 1 fully saturated rings. The molecular formula is C15H20N2O6. The zero-order valence-electron chi connectivity index (χ0n) is 12.8. The van der Waals surface area contributed by atoms with Gasteiger partial charge in [0.05, 0.1) is 17.7 Å². The SMILES string of the molecule is Cc1c(C(=O)O)cccc1C(=O)O.O=C(O)CN1CCNCC1. The molecule has 0 aliphatic carbocycles. The van der Waals surface area contributed by atoms with Crippen LogP contribution in [-0.2, 0) is 4.79 Å². The number of carboxylic acids is 3. The number of aliphatic carboxylic acids is 1. The highest BCUT2D eigenvalue weighted by molar-refractivity contribution is 5.96. The predicted octanol–water partition coefficient (Wildman–Crippen LogP) is 0.368. The van der Waals surface area contributed by atoms with Gasteiger partial charge in [-0.25, -0.2) is 9.59 Å². The fourth-order valence-corrected chi connectivity index (χ4v) is 2.16. The highest BCUT2D eigenvalue weighted by Crippen LogP contribution is 2.13. The largest absolute Gasteiger partial charge is 0.480 e. The number of carbonyl (C=O) groups is 3. The number of nitrogens with one attached hydrogen (secondary N) is 1. The fourth-order valence-electron chi connectivity index (χ4n) is 2.16. The third-order valence-corrected chi connectivity index (χ3v) is 3.36. The van der Waals surface area contributed by atoms with Crippen LogP contribution in [0.4, 0.5) is 0 Å². The number of benzene rings is 1. The number of rotatable bonds is 4. The Morgan fingerprint density at radius 1 is 1.04 bits per heavy atom. The molecule has 8 nitrogen and oxygen atoms in total. The number of nitrogens with zero attached hydrogens (tertiary/aromatic N) is 1. The maximum atomic E-state index is 10.6. The lowest BCUT2D eigenvalue weighted by Crippen LogP contribution is -2.45. The highest BCUT2D eigenvalue weighted by Gasteiger charge is 2.13. The van der Waals surface area contributed by atoms with E-state index in [1.807, 2.05) is 4.90 Å². The standard InChI is InChI=1S/C9H8O4.C6H12N2O2/c1-5-6(8(10)11)3-2-4-7(5)9(12)13;9-6(10)5-8-3-1-7-2-4-8/h2-4H,1H3,(H,10,11)(H,12,13);7H,1-5H2,(H,9,10). The number of hydrogen-bond donors (Lipinski definition) is 4. The summed E-state index contributed by atoms with van der Waals surface area (Å²) >= 11 is 0. The van der Waals surface area contributed by atoms with Crippen LogP contribution in [0, 0.1) is 6.92 Å². The van der Waals surface area contributed by atoms with Gasteiger partial charge >= 0.3 is 17.9 Å². The molecule has 1 aliphatic heterocycles.